The largest absolute Gasteiger partial charge is 0.220 e. The van der Waals surface area contributed by atoms with E-state index in [2.05, 4.69) is 18.2 Å². The van der Waals surface area contributed by atoms with Crippen LogP contribution in [0.25, 0.3) is 22.0 Å². The van der Waals surface area contributed by atoms with Gasteiger partial charge in [0.15, 0.2) is 6.17 Å². The van der Waals surface area contributed by atoms with Crippen molar-refractivity contribution in [3.63, 3.8) is 0 Å². The van der Waals surface area contributed by atoms with E-state index in [9.17, 15) is 0 Å². The molecule has 0 radical (unpaired) electrons. The summed E-state index contributed by atoms with van der Waals surface area (Å²) in [5, 5.41) is 2.08. The summed E-state index contributed by atoms with van der Waals surface area (Å²) in [7, 11) is 1.88. The highest BCUT2D eigenvalue weighted by atomic mass is 14.9. The maximum atomic E-state index is 8.63. The molecule has 1 unspecified atom stereocenters. The van der Waals surface area contributed by atoms with E-state index in [4.69, 9.17) is 6.85 Å². The van der Waals surface area contributed by atoms with E-state index in [0.717, 1.165) is 45.5 Å². The van der Waals surface area contributed by atoms with E-state index < -0.39 is 12.7 Å². The molecular formula is C27H34N+. The van der Waals surface area contributed by atoms with Gasteiger partial charge in [-0.1, -0.05) is 57.7 Å². The van der Waals surface area contributed by atoms with Crippen LogP contribution in [0, 0.1) is 19.8 Å². The molecule has 1 atom stereocenters. The third kappa shape index (κ3) is 3.60. The summed E-state index contributed by atoms with van der Waals surface area (Å²) in [6.45, 7) is 3.01. The van der Waals surface area contributed by atoms with Crippen LogP contribution in [0.3, 0.4) is 0 Å². The molecular weight excluding hydrogens is 338 g/mol. The normalized spacial score (nSPS) is 20.2. The molecule has 1 aliphatic rings. The van der Waals surface area contributed by atoms with Crippen molar-refractivity contribution in [2.45, 2.75) is 65.6 Å². The van der Waals surface area contributed by atoms with Crippen LogP contribution >= 0.6 is 0 Å². The molecule has 1 fully saturated rings. The summed E-state index contributed by atoms with van der Waals surface area (Å²) in [4.78, 5) is 0. The second kappa shape index (κ2) is 7.70. The minimum absolute atomic E-state index is 0.405. The van der Waals surface area contributed by atoms with E-state index in [1.165, 1.54) is 38.2 Å². The van der Waals surface area contributed by atoms with Crippen molar-refractivity contribution in [2.24, 2.45) is 13.0 Å². The Morgan fingerprint density at radius 3 is 2.71 bits per heavy atom. The Morgan fingerprint density at radius 2 is 1.96 bits per heavy atom. The van der Waals surface area contributed by atoms with Crippen molar-refractivity contribution in [1.82, 2.24) is 0 Å². The number of nitrogens with zero attached hydrogens (tertiary/aromatic N) is 1. The molecule has 0 N–H and O–H groups in total. The van der Waals surface area contributed by atoms with Gasteiger partial charge in [0.1, 0.15) is 8.42 Å². The van der Waals surface area contributed by atoms with Gasteiger partial charge in [-0.05, 0) is 71.9 Å². The summed E-state index contributed by atoms with van der Waals surface area (Å²) in [5.41, 5.74) is 5.56. The van der Waals surface area contributed by atoms with Crippen molar-refractivity contribution < 1.29 is 11.4 Å². The number of fused-ring (bicyclic) bond motifs is 1. The van der Waals surface area contributed by atoms with Gasteiger partial charge < -0.3 is 0 Å². The molecule has 0 aliphatic heterocycles. The Balaban J connectivity index is 1.91. The Kier molecular flexibility index (Phi) is 3.83. The fourth-order valence-electron chi connectivity index (χ4n) is 4.68. The Hall–Kier alpha value is -2.15. The van der Waals surface area contributed by atoms with Gasteiger partial charge in [-0.15, -0.1) is 0 Å². The topological polar surface area (TPSA) is 3.88 Å². The molecule has 1 aliphatic carbocycles. The number of aromatic nitrogens is 1. The highest BCUT2D eigenvalue weighted by molar-refractivity contribution is 5.94. The molecule has 0 amide bonds. The Labute approximate surface area is 177 Å². The van der Waals surface area contributed by atoms with Crippen LogP contribution < -0.4 is 4.57 Å². The Morgan fingerprint density at radius 1 is 1.18 bits per heavy atom. The standard InChI is InChI=1S/C27H34N/c1-18(2)24-14-19(3)20(4)26(17-24)27-25-11-10-22(15-21-8-6-7-9-21)16-23(25)12-13-28(27)5/h10-14,16-18,21H,6-9,15H2,1-5H3/q+1/i1D3,13D,18D. The molecule has 0 bridgehead atoms. The fraction of sp³-hybridized carbons (Fsp3) is 0.444. The van der Waals surface area contributed by atoms with Gasteiger partial charge in [-0.3, -0.25) is 0 Å². The lowest BCUT2D eigenvalue weighted by Crippen LogP contribution is -2.31. The van der Waals surface area contributed by atoms with Crippen molar-refractivity contribution in [1.29, 1.82) is 0 Å². The van der Waals surface area contributed by atoms with Crippen LogP contribution in [0.5, 0.6) is 0 Å². The van der Waals surface area contributed by atoms with Gasteiger partial charge >= 0.3 is 0 Å². The number of hydrogen-bond acceptors (Lipinski definition) is 0. The zero-order valence-corrected chi connectivity index (χ0v) is 17.5. The number of rotatable bonds is 4. The van der Waals surface area contributed by atoms with Crippen LogP contribution in [0.2, 0.25) is 0 Å². The number of hydrogen-bond donors (Lipinski definition) is 0. The summed E-state index contributed by atoms with van der Waals surface area (Å²) < 4.78 is 42.8. The van der Waals surface area contributed by atoms with Crippen LogP contribution in [0.4, 0.5) is 0 Å². The van der Waals surface area contributed by atoms with E-state index in [-0.39, 0.29) is 0 Å². The zero-order chi connectivity index (χ0) is 24.1. The van der Waals surface area contributed by atoms with Gasteiger partial charge in [0.2, 0.25) is 5.69 Å². The highest BCUT2D eigenvalue weighted by Gasteiger charge is 2.20. The third-order valence-corrected chi connectivity index (χ3v) is 6.47. The predicted octanol–water partition coefficient (Wildman–Crippen LogP) is 6.80. The van der Waals surface area contributed by atoms with E-state index >= 15 is 0 Å². The van der Waals surface area contributed by atoms with Crippen LogP contribution in [-0.4, -0.2) is 0 Å². The SMILES string of the molecule is [2H]c1cc2cc(CC3CCCC3)ccc2c(-c2cc(C([2H])(C)C([2H])([2H])[2H])cc(C)c2C)[n+]1C. The van der Waals surface area contributed by atoms with Gasteiger partial charge in [0, 0.05) is 11.5 Å². The lowest BCUT2D eigenvalue weighted by Gasteiger charge is -2.15. The van der Waals surface area contributed by atoms with Crippen molar-refractivity contribution >= 4 is 10.8 Å². The lowest BCUT2D eigenvalue weighted by molar-refractivity contribution is -0.659. The maximum absolute atomic E-state index is 8.63. The molecule has 146 valence electrons. The monoisotopic (exact) mass is 377 g/mol. The van der Waals surface area contributed by atoms with Crippen LogP contribution in [-0.2, 0) is 13.5 Å². The smallest absolute Gasteiger partial charge is 0.200 e. The first-order valence-corrected chi connectivity index (χ1v) is 10.4. The molecule has 1 saturated carbocycles. The summed E-state index contributed by atoms with van der Waals surface area (Å²) in [6.07, 6.45) is 6.75. The second-order valence-electron chi connectivity index (χ2n) is 8.55. The van der Waals surface area contributed by atoms with Crippen molar-refractivity contribution in [3.05, 3.63) is 64.8 Å². The highest BCUT2D eigenvalue weighted by Crippen LogP contribution is 2.34. The minimum Gasteiger partial charge on any atom is -0.200 e. The first-order valence-electron chi connectivity index (χ1n) is 12.9. The third-order valence-electron chi connectivity index (χ3n) is 6.47. The van der Waals surface area contributed by atoms with Crippen molar-refractivity contribution in [2.75, 3.05) is 0 Å². The number of pyridine rings is 1. The summed E-state index contributed by atoms with van der Waals surface area (Å²) in [6, 6.07) is 12.2. The maximum Gasteiger partial charge on any atom is 0.220 e. The van der Waals surface area contributed by atoms with Gasteiger partial charge in [0.05, 0.1) is 10.9 Å². The summed E-state index contributed by atoms with van der Waals surface area (Å²) >= 11 is 0. The molecule has 1 nitrogen and oxygen atoms in total. The molecule has 0 saturated heterocycles. The molecule has 1 aromatic heterocycles. The quantitative estimate of drug-likeness (QED) is 0.440. The van der Waals surface area contributed by atoms with Gasteiger partial charge in [0.25, 0.3) is 0 Å². The van der Waals surface area contributed by atoms with Crippen LogP contribution in [0.15, 0.2) is 42.6 Å². The molecule has 3 aromatic rings. The van der Waals surface area contributed by atoms with E-state index in [0.29, 0.717) is 11.7 Å². The second-order valence-corrected chi connectivity index (χ2v) is 8.55. The average molecular weight is 378 g/mol. The lowest BCUT2D eigenvalue weighted by atomic mass is 9.90. The van der Waals surface area contributed by atoms with Crippen molar-refractivity contribution in [3.8, 4) is 11.3 Å². The first kappa shape index (κ1) is 13.9. The molecule has 1 heteroatoms. The average Bonchev–Trinajstić information content (AvgIpc) is 3.23. The summed E-state index contributed by atoms with van der Waals surface area (Å²) in [5.74, 6) is -0.963. The number of aryl methyl sites for hydroxylation is 1. The van der Waals surface area contributed by atoms with E-state index in [1.54, 1.807) is 0 Å². The predicted molar refractivity (Wildman–Crippen MR) is 120 cm³/mol. The Bertz CT molecular complexity index is 1200. The van der Waals surface area contributed by atoms with Gasteiger partial charge in [-0.25, -0.2) is 4.57 Å². The molecule has 4 rings (SSSR count). The number of benzene rings is 2. The zero-order valence-electron chi connectivity index (χ0n) is 22.5. The van der Waals surface area contributed by atoms with Crippen LogP contribution in [0.1, 0.15) is 74.5 Å². The fourth-order valence-corrected chi connectivity index (χ4v) is 4.68. The molecule has 2 aromatic carbocycles. The minimum atomic E-state index is -2.44. The molecule has 1 heterocycles. The van der Waals surface area contributed by atoms with E-state index in [1.807, 2.05) is 43.7 Å². The van der Waals surface area contributed by atoms with Gasteiger partial charge in [-0.2, -0.15) is 0 Å². The molecule has 0 spiro atoms. The first-order chi connectivity index (χ1) is 15.4. The molecule has 28 heavy (non-hydrogen) atoms.